The summed E-state index contributed by atoms with van der Waals surface area (Å²) in [5.41, 5.74) is 6.32. The minimum atomic E-state index is -0.544. The Morgan fingerprint density at radius 3 is 2.89 bits per heavy atom. The van der Waals surface area contributed by atoms with E-state index in [2.05, 4.69) is 15.0 Å². The molecule has 1 aromatic rings. The van der Waals surface area contributed by atoms with Crippen molar-refractivity contribution in [2.45, 2.75) is 12.5 Å². The van der Waals surface area contributed by atoms with Crippen molar-refractivity contribution < 1.29 is 14.3 Å². The van der Waals surface area contributed by atoms with Gasteiger partial charge in [0.25, 0.3) is 0 Å². The molecule has 0 spiro atoms. The van der Waals surface area contributed by atoms with E-state index in [1.807, 2.05) is 0 Å². The molecule has 0 saturated carbocycles. The van der Waals surface area contributed by atoms with Gasteiger partial charge in [-0.1, -0.05) is 0 Å². The summed E-state index contributed by atoms with van der Waals surface area (Å²) in [7, 11) is 3.02. The SMILES string of the molecule is COC(=O)c1ccc(N)c(NC2CCN(C)C2=O)n1. The number of pyridine rings is 1. The number of nitrogens with zero attached hydrogens (tertiary/aromatic N) is 2. The van der Waals surface area contributed by atoms with Gasteiger partial charge in [-0.15, -0.1) is 0 Å². The van der Waals surface area contributed by atoms with Crippen LogP contribution in [0.1, 0.15) is 16.9 Å². The van der Waals surface area contributed by atoms with Crippen LogP contribution in [0.5, 0.6) is 0 Å². The number of anilines is 2. The highest BCUT2D eigenvalue weighted by Crippen LogP contribution is 2.20. The summed E-state index contributed by atoms with van der Waals surface area (Å²) in [4.78, 5) is 28.9. The first-order chi connectivity index (χ1) is 9.02. The number of likely N-dealkylation sites (tertiary alicyclic amines) is 1. The van der Waals surface area contributed by atoms with Gasteiger partial charge in [-0.3, -0.25) is 4.79 Å². The van der Waals surface area contributed by atoms with Gasteiger partial charge < -0.3 is 20.7 Å². The maximum atomic E-state index is 11.8. The van der Waals surface area contributed by atoms with Crippen LogP contribution in [0.3, 0.4) is 0 Å². The van der Waals surface area contributed by atoms with Gasteiger partial charge in [0.05, 0.1) is 12.8 Å². The van der Waals surface area contributed by atoms with Gasteiger partial charge in [0.1, 0.15) is 6.04 Å². The van der Waals surface area contributed by atoms with Crippen LogP contribution in [-0.2, 0) is 9.53 Å². The number of nitrogens with one attached hydrogen (secondary N) is 1. The van der Waals surface area contributed by atoms with E-state index in [-0.39, 0.29) is 17.6 Å². The Balaban J connectivity index is 2.20. The van der Waals surface area contributed by atoms with Gasteiger partial charge in [0.2, 0.25) is 5.91 Å². The van der Waals surface area contributed by atoms with E-state index in [0.29, 0.717) is 24.5 Å². The molecule has 1 atom stereocenters. The third-order valence-electron chi connectivity index (χ3n) is 3.06. The number of ether oxygens (including phenoxy) is 1. The van der Waals surface area contributed by atoms with Gasteiger partial charge in [0.15, 0.2) is 11.5 Å². The second-order valence-electron chi connectivity index (χ2n) is 4.37. The Labute approximate surface area is 110 Å². The van der Waals surface area contributed by atoms with Crippen LogP contribution < -0.4 is 11.1 Å². The Bertz CT molecular complexity index is 518. The quantitative estimate of drug-likeness (QED) is 0.751. The molecule has 1 fully saturated rings. The Hall–Kier alpha value is -2.31. The van der Waals surface area contributed by atoms with Crippen molar-refractivity contribution in [3.63, 3.8) is 0 Å². The van der Waals surface area contributed by atoms with Crippen LogP contribution in [0.15, 0.2) is 12.1 Å². The number of nitrogen functional groups attached to an aromatic ring is 1. The molecule has 19 heavy (non-hydrogen) atoms. The fourth-order valence-electron chi connectivity index (χ4n) is 1.93. The molecule has 1 aliphatic rings. The summed E-state index contributed by atoms with van der Waals surface area (Å²) in [5.74, 6) is -0.223. The molecule has 1 aromatic heterocycles. The monoisotopic (exact) mass is 264 g/mol. The summed E-state index contributed by atoms with van der Waals surface area (Å²) < 4.78 is 4.59. The minimum Gasteiger partial charge on any atom is -0.464 e. The Morgan fingerprint density at radius 2 is 2.32 bits per heavy atom. The molecular weight excluding hydrogens is 248 g/mol. The van der Waals surface area contributed by atoms with Gasteiger partial charge in [-0.2, -0.15) is 0 Å². The standard InChI is InChI=1S/C12H16N4O3/c1-16-6-5-8(11(16)17)14-10-7(13)3-4-9(15-10)12(18)19-2/h3-4,8H,5-6,13H2,1-2H3,(H,14,15). The fraction of sp³-hybridized carbons (Fsp3) is 0.417. The molecule has 1 saturated heterocycles. The van der Waals surface area contributed by atoms with Crippen molar-refractivity contribution in [2.75, 3.05) is 31.8 Å². The molecule has 2 heterocycles. The normalized spacial score (nSPS) is 18.5. The third-order valence-corrected chi connectivity index (χ3v) is 3.06. The lowest BCUT2D eigenvalue weighted by Crippen LogP contribution is -2.31. The lowest BCUT2D eigenvalue weighted by Gasteiger charge is -2.14. The van der Waals surface area contributed by atoms with Crippen molar-refractivity contribution in [1.29, 1.82) is 0 Å². The first-order valence-corrected chi connectivity index (χ1v) is 5.89. The zero-order valence-corrected chi connectivity index (χ0v) is 10.8. The highest BCUT2D eigenvalue weighted by molar-refractivity contribution is 5.90. The maximum Gasteiger partial charge on any atom is 0.356 e. The van der Waals surface area contributed by atoms with Crippen molar-refractivity contribution in [1.82, 2.24) is 9.88 Å². The summed E-state index contributed by atoms with van der Waals surface area (Å²) in [6.07, 6.45) is 0.679. The zero-order valence-electron chi connectivity index (χ0n) is 10.8. The van der Waals surface area contributed by atoms with E-state index in [4.69, 9.17) is 5.73 Å². The van der Waals surface area contributed by atoms with E-state index in [9.17, 15) is 9.59 Å². The molecule has 0 radical (unpaired) electrons. The summed E-state index contributed by atoms with van der Waals surface area (Å²) in [5, 5.41) is 2.97. The summed E-state index contributed by atoms with van der Waals surface area (Å²) >= 11 is 0. The second-order valence-corrected chi connectivity index (χ2v) is 4.37. The van der Waals surface area contributed by atoms with E-state index in [0.717, 1.165) is 0 Å². The number of likely N-dealkylation sites (N-methyl/N-ethyl adjacent to an activating group) is 1. The van der Waals surface area contributed by atoms with E-state index < -0.39 is 5.97 Å². The molecule has 0 aromatic carbocycles. The zero-order chi connectivity index (χ0) is 14.0. The molecule has 7 heteroatoms. The number of carbonyl (C=O) groups excluding carboxylic acids is 2. The molecule has 3 N–H and O–H groups in total. The van der Waals surface area contributed by atoms with Crippen molar-refractivity contribution in [3.05, 3.63) is 17.8 Å². The maximum absolute atomic E-state index is 11.8. The predicted molar refractivity (Wildman–Crippen MR) is 69.7 cm³/mol. The molecule has 0 bridgehead atoms. The van der Waals surface area contributed by atoms with E-state index >= 15 is 0 Å². The average molecular weight is 264 g/mol. The molecule has 1 amide bonds. The smallest absolute Gasteiger partial charge is 0.356 e. The number of amides is 1. The van der Waals surface area contributed by atoms with E-state index in [1.54, 1.807) is 18.0 Å². The molecule has 7 nitrogen and oxygen atoms in total. The van der Waals surface area contributed by atoms with Crippen LogP contribution in [0, 0.1) is 0 Å². The number of hydrogen-bond acceptors (Lipinski definition) is 6. The van der Waals surface area contributed by atoms with Gasteiger partial charge in [0, 0.05) is 13.6 Å². The van der Waals surface area contributed by atoms with Gasteiger partial charge in [-0.05, 0) is 18.6 Å². The molecule has 102 valence electrons. The average Bonchev–Trinajstić information content (AvgIpc) is 2.72. The largest absolute Gasteiger partial charge is 0.464 e. The van der Waals surface area contributed by atoms with Gasteiger partial charge >= 0.3 is 5.97 Å². The Morgan fingerprint density at radius 1 is 1.58 bits per heavy atom. The molecule has 1 aliphatic heterocycles. The topological polar surface area (TPSA) is 97.5 Å². The van der Waals surface area contributed by atoms with Crippen LogP contribution >= 0.6 is 0 Å². The minimum absolute atomic E-state index is 0.00956. The summed E-state index contributed by atoms with van der Waals surface area (Å²) in [6.45, 7) is 0.688. The summed E-state index contributed by atoms with van der Waals surface area (Å²) in [6, 6.07) is 2.69. The second kappa shape index (κ2) is 5.13. The molecule has 2 rings (SSSR count). The van der Waals surface area contributed by atoms with E-state index in [1.165, 1.54) is 13.2 Å². The van der Waals surface area contributed by atoms with Crippen LogP contribution in [0.4, 0.5) is 11.5 Å². The molecular formula is C12H16N4O3. The van der Waals surface area contributed by atoms with Crippen LogP contribution in [0.25, 0.3) is 0 Å². The highest BCUT2D eigenvalue weighted by Gasteiger charge is 2.29. The lowest BCUT2D eigenvalue weighted by molar-refractivity contribution is -0.127. The first-order valence-electron chi connectivity index (χ1n) is 5.89. The number of nitrogens with two attached hydrogens (primary N) is 1. The fourth-order valence-corrected chi connectivity index (χ4v) is 1.93. The molecule has 1 unspecified atom stereocenters. The highest BCUT2D eigenvalue weighted by atomic mass is 16.5. The van der Waals surface area contributed by atoms with Gasteiger partial charge in [-0.25, -0.2) is 9.78 Å². The van der Waals surface area contributed by atoms with Crippen molar-refractivity contribution >= 4 is 23.4 Å². The number of hydrogen-bond donors (Lipinski definition) is 2. The number of aromatic nitrogens is 1. The predicted octanol–water partition coefficient (Wildman–Crippen LogP) is 0.0930. The number of esters is 1. The number of rotatable bonds is 3. The number of methoxy groups -OCH3 is 1. The Kier molecular flexibility index (Phi) is 3.55. The van der Waals surface area contributed by atoms with Crippen LogP contribution in [-0.4, -0.2) is 48.5 Å². The molecule has 0 aliphatic carbocycles. The van der Waals surface area contributed by atoms with Crippen LogP contribution in [0.2, 0.25) is 0 Å². The third kappa shape index (κ3) is 2.59. The lowest BCUT2D eigenvalue weighted by atomic mass is 10.2. The first kappa shape index (κ1) is 13.1. The van der Waals surface area contributed by atoms with Crippen molar-refractivity contribution in [2.24, 2.45) is 0 Å². The van der Waals surface area contributed by atoms with Crippen molar-refractivity contribution in [3.8, 4) is 0 Å². The number of carbonyl (C=O) groups is 2.